The molecule has 0 saturated heterocycles. The predicted octanol–water partition coefficient (Wildman–Crippen LogP) is 3.74. The third-order valence-corrected chi connectivity index (χ3v) is 3.75. The number of oxazole rings is 1. The van der Waals surface area contributed by atoms with Crippen LogP contribution in [0.4, 0.5) is 5.88 Å². The lowest BCUT2D eigenvalue weighted by molar-refractivity contribution is 0.355. The van der Waals surface area contributed by atoms with Gasteiger partial charge in [-0.1, -0.05) is 12.1 Å². The number of aromatic nitrogens is 2. The first-order valence-electron chi connectivity index (χ1n) is 8.17. The minimum absolute atomic E-state index is 0.200. The summed E-state index contributed by atoms with van der Waals surface area (Å²) in [4.78, 5) is 8.24. The highest BCUT2D eigenvalue weighted by Gasteiger charge is 2.11. The van der Waals surface area contributed by atoms with Crippen LogP contribution in [-0.2, 0) is 6.54 Å². The van der Waals surface area contributed by atoms with Crippen molar-refractivity contribution in [3.05, 3.63) is 65.4 Å². The number of nitrogens with one attached hydrogen (secondary N) is 1. The lowest BCUT2D eigenvalue weighted by Gasteiger charge is -2.07. The summed E-state index contributed by atoms with van der Waals surface area (Å²) in [5, 5.41) is 12.3. The predicted molar refractivity (Wildman–Crippen MR) is 101 cm³/mol. The first-order valence-corrected chi connectivity index (χ1v) is 8.17. The molecule has 2 heterocycles. The molecule has 0 unspecified atom stereocenters. The summed E-state index contributed by atoms with van der Waals surface area (Å²) in [5.41, 5.74) is 2.06. The van der Waals surface area contributed by atoms with E-state index in [4.69, 9.17) is 13.9 Å². The molecule has 0 aliphatic rings. The molecule has 136 valence electrons. The van der Waals surface area contributed by atoms with Crippen molar-refractivity contribution in [2.45, 2.75) is 6.54 Å². The monoisotopic (exact) mass is 362 g/mol. The van der Waals surface area contributed by atoms with Gasteiger partial charge < -0.3 is 19.2 Å². The number of ether oxygens (including phenoxy) is 2. The minimum atomic E-state index is 0.200. The van der Waals surface area contributed by atoms with Crippen LogP contribution in [0, 0.1) is 11.3 Å². The highest BCUT2D eigenvalue weighted by atomic mass is 16.5. The first-order chi connectivity index (χ1) is 13.2. The molecule has 1 N–H and O–H groups in total. The van der Waals surface area contributed by atoms with E-state index in [1.807, 2.05) is 42.5 Å². The Bertz CT molecular complexity index is 975. The Kier molecular flexibility index (Phi) is 5.70. The second kappa shape index (κ2) is 8.54. The molecule has 2 aromatic heterocycles. The zero-order chi connectivity index (χ0) is 19.1. The van der Waals surface area contributed by atoms with Crippen LogP contribution in [0.15, 0.2) is 47.1 Å². The summed E-state index contributed by atoms with van der Waals surface area (Å²) in [6, 6.07) is 11.3. The van der Waals surface area contributed by atoms with E-state index in [2.05, 4.69) is 15.3 Å². The van der Waals surface area contributed by atoms with Gasteiger partial charge in [0, 0.05) is 25.0 Å². The molecule has 0 aliphatic heterocycles. The van der Waals surface area contributed by atoms with Crippen LogP contribution in [0.5, 0.6) is 11.5 Å². The number of rotatable bonds is 7. The van der Waals surface area contributed by atoms with Crippen molar-refractivity contribution in [1.82, 2.24) is 9.97 Å². The van der Waals surface area contributed by atoms with Gasteiger partial charge in [0.25, 0.3) is 0 Å². The van der Waals surface area contributed by atoms with Crippen LogP contribution in [0.3, 0.4) is 0 Å². The minimum Gasteiger partial charge on any atom is -0.493 e. The number of methoxy groups -OCH3 is 2. The summed E-state index contributed by atoms with van der Waals surface area (Å²) < 4.78 is 16.2. The van der Waals surface area contributed by atoms with Crippen LogP contribution in [0.25, 0.3) is 12.2 Å². The van der Waals surface area contributed by atoms with Gasteiger partial charge in [-0.05, 0) is 35.4 Å². The van der Waals surface area contributed by atoms with Crippen molar-refractivity contribution in [2.24, 2.45) is 0 Å². The van der Waals surface area contributed by atoms with E-state index in [1.165, 1.54) is 0 Å². The molecule has 0 spiro atoms. The number of pyridine rings is 1. The lowest BCUT2D eigenvalue weighted by Crippen LogP contribution is -1.99. The van der Waals surface area contributed by atoms with Gasteiger partial charge in [0.05, 0.1) is 14.2 Å². The fourth-order valence-electron chi connectivity index (χ4n) is 2.41. The molecule has 0 fully saturated rings. The van der Waals surface area contributed by atoms with Crippen molar-refractivity contribution in [3.8, 4) is 17.6 Å². The van der Waals surface area contributed by atoms with Crippen LogP contribution >= 0.6 is 0 Å². The summed E-state index contributed by atoms with van der Waals surface area (Å²) in [7, 11) is 3.17. The van der Waals surface area contributed by atoms with Gasteiger partial charge in [-0.15, -0.1) is 0 Å². The van der Waals surface area contributed by atoms with Gasteiger partial charge in [-0.2, -0.15) is 10.2 Å². The normalized spacial score (nSPS) is 10.6. The highest BCUT2D eigenvalue weighted by molar-refractivity contribution is 5.68. The third kappa shape index (κ3) is 4.44. The summed E-state index contributed by atoms with van der Waals surface area (Å²) in [6.07, 6.45) is 6.96. The SMILES string of the molecule is COc1ccc(C=Cc2nc(C#N)c(NCc3cccnc3)o2)cc1OC. The van der Waals surface area contributed by atoms with Gasteiger partial charge in [-0.25, -0.2) is 0 Å². The Morgan fingerprint density at radius 3 is 2.74 bits per heavy atom. The van der Waals surface area contributed by atoms with Crippen LogP contribution in [0.1, 0.15) is 22.7 Å². The van der Waals surface area contributed by atoms with Gasteiger partial charge in [0.2, 0.25) is 17.5 Å². The molecule has 7 heteroatoms. The Morgan fingerprint density at radius 2 is 2.04 bits per heavy atom. The van der Waals surface area contributed by atoms with Crippen LogP contribution in [-0.4, -0.2) is 24.2 Å². The Morgan fingerprint density at radius 1 is 1.19 bits per heavy atom. The largest absolute Gasteiger partial charge is 0.493 e. The van der Waals surface area contributed by atoms with Gasteiger partial charge in [0.1, 0.15) is 6.07 Å². The fraction of sp³-hybridized carbons (Fsp3) is 0.150. The van der Waals surface area contributed by atoms with E-state index in [9.17, 15) is 5.26 Å². The van der Waals surface area contributed by atoms with Crippen LogP contribution < -0.4 is 14.8 Å². The number of benzene rings is 1. The molecule has 3 rings (SSSR count). The molecular weight excluding hydrogens is 344 g/mol. The lowest BCUT2D eigenvalue weighted by atomic mass is 10.2. The molecule has 0 radical (unpaired) electrons. The standard InChI is InChI=1S/C20H18N4O3/c1-25-17-7-5-14(10-18(17)26-2)6-8-19-24-16(11-21)20(27-19)23-13-15-4-3-9-22-12-15/h3-10,12,23H,13H2,1-2H3. The molecule has 0 amide bonds. The zero-order valence-electron chi connectivity index (χ0n) is 15.0. The molecule has 27 heavy (non-hydrogen) atoms. The topological polar surface area (TPSA) is 93.2 Å². The second-order valence-corrected chi connectivity index (χ2v) is 5.50. The van der Waals surface area contributed by atoms with Gasteiger partial charge in [0.15, 0.2) is 11.5 Å². The highest BCUT2D eigenvalue weighted by Crippen LogP contribution is 2.28. The van der Waals surface area contributed by atoms with E-state index < -0.39 is 0 Å². The fourth-order valence-corrected chi connectivity index (χ4v) is 2.41. The van der Waals surface area contributed by atoms with E-state index in [0.29, 0.717) is 29.8 Å². The van der Waals surface area contributed by atoms with E-state index in [-0.39, 0.29) is 5.69 Å². The molecule has 0 bridgehead atoms. The Hall–Kier alpha value is -3.79. The number of nitriles is 1. The quantitative estimate of drug-likeness (QED) is 0.684. The maximum Gasteiger partial charge on any atom is 0.232 e. The van der Waals surface area contributed by atoms with Crippen molar-refractivity contribution in [1.29, 1.82) is 5.26 Å². The maximum atomic E-state index is 9.26. The molecular formula is C20H18N4O3. The zero-order valence-corrected chi connectivity index (χ0v) is 15.0. The van der Waals surface area contributed by atoms with E-state index in [0.717, 1.165) is 11.1 Å². The molecule has 3 aromatic rings. The number of anilines is 1. The average molecular weight is 362 g/mol. The maximum absolute atomic E-state index is 9.26. The van der Waals surface area contributed by atoms with E-state index >= 15 is 0 Å². The number of nitrogens with zero attached hydrogens (tertiary/aromatic N) is 3. The van der Waals surface area contributed by atoms with Gasteiger partial charge >= 0.3 is 0 Å². The Labute approximate surface area is 156 Å². The summed E-state index contributed by atoms with van der Waals surface area (Å²) in [5.74, 6) is 1.94. The molecule has 1 aromatic carbocycles. The van der Waals surface area contributed by atoms with Crippen molar-refractivity contribution < 1.29 is 13.9 Å². The first kappa shape index (κ1) is 18.0. The number of hydrogen-bond acceptors (Lipinski definition) is 7. The third-order valence-electron chi connectivity index (χ3n) is 3.75. The van der Waals surface area contributed by atoms with E-state index in [1.54, 1.807) is 32.7 Å². The molecule has 0 aliphatic carbocycles. The molecule has 0 atom stereocenters. The van der Waals surface area contributed by atoms with Crippen molar-refractivity contribution in [2.75, 3.05) is 19.5 Å². The summed E-state index contributed by atoms with van der Waals surface area (Å²) >= 11 is 0. The molecule has 0 saturated carbocycles. The second-order valence-electron chi connectivity index (χ2n) is 5.50. The van der Waals surface area contributed by atoms with Crippen molar-refractivity contribution >= 4 is 18.0 Å². The van der Waals surface area contributed by atoms with Gasteiger partial charge in [-0.3, -0.25) is 4.98 Å². The smallest absolute Gasteiger partial charge is 0.232 e. The van der Waals surface area contributed by atoms with Crippen LogP contribution in [0.2, 0.25) is 0 Å². The average Bonchev–Trinajstić information content (AvgIpc) is 3.13. The Balaban J connectivity index is 1.75. The van der Waals surface area contributed by atoms with Crippen molar-refractivity contribution in [3.63, 3.8) is 0 Å². The number of hydrogen-bond donors (Lipinski definition) is 1. The summed E-state index contributed by atoms with van der Waals surface area (Å²) in [6.45, 7) is 0.483. The molecule has 7 nitrogen and oxygen atoms in total.